The third-order valence-electron chi connectivity index (χ3n) is 2.41. The molecule has 3 heteroatoms. The van der Waals surface area contributed by atoms with Gasteiger partial charge in [0, 0.05) is 31.1 Å². The van der Waals surface area contributed by atoms with Crippen LogP contribution in [-0.2, 0) is 6.42 Å². The van der Waals surface area contributed by atoms with Gasteiger partial charge in [0.25, 0.3) is 0 Å². The van der Waals surface area contributed by atoms with Crippen molar-refractivity contribution in [3.8, 4) is 0 Å². The molecular formula is C12H10N2O. The van der Waals surface area contributed by atoms with Crippen LogP contribution in [0.5, 0.6) is 0 Å². The van der Waals surface area contributed by atoms with Gasteiger partial charge in [-0.1, -0.05) is 0 Å². The van der Waals surface area contributed by atoms with Crippen LogP contribution in [0.25, 0.3) is 11.1 Å². The fraction of sp³-hybridized carbons (Fsp3) is 0.0833. The average Bonchev–Trinajstić information content (AvgIpc) is 2.79. The van der Waals surface area contributed by atoms with E-state index in [0.29, 0.717) is 0 Å². The summed E-state index contributed by atoms with van der Waals surface area (Å²) in [7, 11) is 0. The zero-order chi connectivity index (χ0) is 10.1. The van der Waals surface area contributed by atoms with Crippen molar-refractivity contribution < 1.29 is 4.42 Å². The minimum absolute atomic E-state index is 0.811. The predicted molar refractivity (Wildman–Crippen MR) is 57.6 cm³/mol. The van der Waals surface area contributed by atoms with E-state index in [1.165, 1.54) is 5.56 Å². The summed E-state index contributed by atoms with van der Waals surface area (Å²) in [4.78, 5) is 7.10. The molecule has 0 saturated heterocycles. The minimum atomic E-state index is 0.811. The third kappa shape index (κ3) is 1.52. The topological polar surface area (TPSA) is 41.8 Å². The quantitative estimate of drug-likeness (QED) is 0.687. The van der Waals surface area contributed by atoms with Crippen LogP contribution < -0.4 is 0 Å². The van der Waals surface area contributed by atoms with E-state index in [1.54, 1.807) is 12.4 Å². The summed E-state index contributed by atoms with van der Waals surface area (Å²) in [6.07, 6.45) is 6.28. The molecule has 3 aromatic rings. The second-order valence-electron chi connectivity index (χ2n) is 3.50. The Morgan fingerprint density at radius 1 is 1.20 bits per heavy atom. The molecule has 0 aliphatic rings. The summed E-state index contributed by atoms with van der Waals surface area (Å²) in [6.45, 7) is 0. The van der Waals surface area contributed by atoms with Crippen molar-refractivity contribution in [2.45, 2.75) is 6.42 Å². The number of hydrogen-bond acceptors (Lipinski definition) is 2. The molecule has 0 aromatic carbocycles. The zero-order valence-corrected chi connectivity index (χ0v) is 8.10. The molecule has 3 heterocycles. The van der Waals surface area contributed by atoms with Gasteiger partial charge in [0.2, 0.25) is 0 Å². The highest BCUT2D eigenvalue weighted by molar-refractivity contribution is 5.73. The molecule has 0 unspecified atom stereocenters. The Morgan fingerprint density at radius 3 is 2.87 bits per heavy atom. The van der Waals surface area contributed by atoms with Gasteiger partial charge in [-0.05, 0) is 23.8 Å². The molecule has 1 N–H and O–H groups in total. The van der Waals surface area contributed by atoms with Crippen LogP contribution in [0.4, 0.5) is 0 Å². The Bertz CT molecular complexity index is 537. The van der Waals surface area contributed by atoms with E-state index in [0.717, 1.165) is 23.3 Å². The molecule has 3 rings (SSSR count). The molecule has 0 spiro atoms. The second kappa shape index (κ2) is 3.28. The van der Waals surface area contributed by atoms with Crippen molar-refractivity contribution in [1.82, 2.24) is 9.97 Å². The molecule has 0 bridgehead atoms. The lowest BCUT2D eigenvalue weighted by atomic mass is 10.2. The monoisotopic (exact) mass is 198 g/mol. The van der Waals surface area contributed by atoms with Crippen LogP contribution in [0.2, 0.25) is 0 Å². The summed E-state index contributed by atoms with van der Waals surface area (Å²) in [6, 6.07) is 7.97. The molecule has 3 nitrogen and oxygen atoms in total. The minimum Gasteiger partial charge on any atom is -0.459 e. The largest absolute Gasteiger partial charge is 0.459 e. The highest BCUT2D eigenvalue weighted by Gasteiger charge is 2.04. The number of H-pyrrole nitrogens is 1. The van der Waals surface area contributed by atoms with Gasteiger partial charge in [-0.15, -0.1) is 0 Å². The molecule has 0 radical (unpaired) electrons. The molecule has 0 amide bonds. The fourth-order valence-electron chi connectivity index (χ4n) is 1.69. The number of pyridine rings is 1. The van der Waals surface area contributed by atoms with Gasteiger partial charge in [-0.3, -0.25) is 4.98 Å². The van der Waals surface area contributed by atoms with Crippen molar-refractivity contribution >= 4 is 11.1 Å². The Morgan fingerprint density at radius 2 is 2.07 bits per heavy atom. The average molecular weight is 198 g/mol. The predicted octanol–water partition coefficient (Wildman–Crippen LogP) is 2.75. The van der Waals surface area contributed by atoms with E-state index in [2.05, 4.69) is 9.97 Å². The van der Waals surface area contributed by atoms with E-state index in [4.69, 9.17) is 4.42 Å². The van der Waals surface area contributed by atoms with Crippen LogP contribution >= 0.6 is 0 Å². The van der Waals surface area contributed by atoms with Crippen LogP contribution in [0.3, 0.4) is 0 Å². The molecule has 0 aliphatic carbocycles. The van der Waals surface area contributed by atoms with Crippen molar-refractivity contribution in [2.75, 3.05) is 0 Å². The van der Waals surface area contributed by atoms with Gasteiger partial charge in [-0.2, -0.15) is 0 Å². The van der Waals surface area contributed by atoms with E-state index in [9.17, 15) is 0 Å². The van der Waals surface area contributed by atoms with Gasteiger partial charge in [0.15, 0.2) is 5.58 Å². The molecule has 0 saturated carbocycles. The van der Waals surface area contributed by atoms with Crippen LogP contribution in [0.15, 0.2) is 47.3 Å². The Balaban J connectivity index is 1.93. The molecule has 0 fully saturated rings. The number of rotatable bonds is 2. The Kier molecular flexibility index (Phi) is 1.81. The van der Waals surface area contributed by atoms with Gasteiger partial charge >= 0.3 is 0 Å². The smallest absolute Gasteiger partial charge is 0.151 e. The molecule has 74 valence electrons. The van der Waals surface area contributed by atoms with Crippen LogP contribution in [0.1, 0.15) is 11.3 Å². The molecule has 15 heavy (non-hydrogen) atoms. The number of nitrogens with one attached hydrogen (secondary N) is 1. The number of aromatic nitrogens is 2. The lowest BCUT2D eigenvalue weighted by molar-refractivity contribution is 0.563. The standard InChI is InChI=1S/C12H10N2O/c1-4-13-5-2-9(1)7-10-8-11-12(15-10)3-6-14-11/h1-6,8,14H,7H2. The number of aromatic amines is 1. The third-order valence-corrected chi connectivity index (χ3v) is 2.41. The first kappa shape index (κ1) is 8.29. The maximum Gasteiger partial charge on any atom is 0.151 e. The second-order valence-corrected chi connectivity index (χ2v) is 3.50. The first-order valence-electron chi connectivity index (χ1n) is 4.86. The van der Waals surface area contributed by atoms with Gasteiger partial charge < -0.3 is 9.40 Å². The van der Waals surface area contributed by atoms with Crippen molar-refractivity contribution in [3.05, 3.63) is 54.2 Å². The van der Waals surface area contributed by atoms with Crippen molar-refractivity contribution in [1.29, 1.82) is 0 Å². The van der Waals surface area contributed by atoms with Crippen LogP contribution in [0, 0.1) is 0 Å². The van der Waals surface area contributed by atoms with Crippen molar-refractivity contribution in [2.24, 2.45) is 0 Å². The van der Waals surface area contributed by atoms with Gasteiger partial charge in [0.1, 0.15) is 5.76 Å². The zero-order valence-electron chi connectivity index (χ0n) is 8.10. The molecule has 0 aliphatic heterocycles. The van der Waals surface area contributed by atoms with Gasteiger partial charge in [-0.25, -0.2) is 0 Å². The van der Waals surface area contributed by atoms with Gasteiger partial charge in [0.05, 0.1) is 5.52 Å². The number of fused-ring (bicyclic) bond motifs is 1. The lowest BCUT2D eigenvalue weighted by Crippen LogP contribution is -1.84. The number of furan rings is 1. The summed E-state index contributed by atoms with van der Waals surface area (Å²) < 4.78 is 5.66. The first-order valence-corrected chi connectivity index (χ1v) is 4.86. The van der Waals surface area contributed by atoms with Crippen molar-refractivity contribution in [3.63, 3.8) is 0 Å². The first-order chi connectivity index (χ1) is 7.42. The Labute approximate surface area is 86.8 Å². The number of hydrogen-bond donors (Lipinski definition) is 1. The number of nitrogens with zero attached hydrogens (tertiary/aromatic N) is 1. The molecular weight excluding hydrogens is 188 g/mol. The normalized spacial score (nSPS) is 10.9. The summed E-state index contributed by atoms with van der Waals surface area (Å²) >= 11 is 0. The summed E-state index contributed by atoms with van der Waals surface area (Å²) in [5, 5.41) is 0. The molecule has 0 atom stereocenters. The Hall–Kier alpha value is -2.03. The summed E-state index contributed by atoms with van der Waals surface area (Å²) in [5.74, 6) is 0.975. The van der Waals surface area contributed by atoms with E-state index < -0.39 is 0 Å². The van der Waals surface area contributed by atoms with E-state index in [1.807, 2.05) is 30.5 Å². The van der Waals surface area contributed by atoms with Crippen LogP contribution in [-0.4, -0.2) is 9.97 Å². The molecule has 3 aromatic heterocycles. The highest BCUT2D eigenvalue weighted by Crippen LogP contribution is 2.19. The maximum atomic E-state index is 5.66. The highest BCUT2D eigenvalue weighted by atomic mass is 16.3. The SMILES string of the molecule is c1cc(Cc2cc3[nH]ccc3o2)ccn1. The van der Waals surface area contributed by atoms with E-state index in [-0.39, 0.29) is 0 Å². The fourth-order valence-corrected chi connectivity index (χ4v) is 1.69. The summed E-state index contributed by atoms with van der Waals surface area (Å²) in [5.41, 5.74) is 3.18. The maximum absolute atomic E-state index is 5.66. The lowest BCUT2D eigenvalue weighted by Gasteiger charge is -1.95. The van der Waals surface area contributed by atoms with E-state index >= 15 is 0 Å².